The summed E-state index contributed by atoms with van der Waals surface area (Å²) in [4.78, 5) is 15.5. The van der Waals surface area contributed by atoms with Crippen molar-refractivity contribution >= 4 is 35.8 Å². The van der Waals surface area contributed by atoms with Crippen molar-refractivity contribution in [3.8, 4) is 0 Å². The molecule has 0 radical (unpaired) electrons. The highest BCUT2D eigenvalue weighted by Gasteiger charge is 2.38. The molecule has 6 heteroatoms. The molecule has 0 saturated heterocycles. The van der Waals surface area contributed by atoms with E-state index in [1.807, 2.05) is 4.68 Å². The average Bonchev–Trinajstić information content (AvgIpc) is 3.21. The molecule has 3 aromatic rings. The zero-order valence-corrected chi connectivity index (χ0v) is 21.6. The second-order valence-electron chi connectivity index (χ2n) is 10.3. The van der Waals surface area contributed by atoms with Crippen LogP contribution < -0.4 is 15.1 Å². The van der Waals surface area contributed by atoms with E-state index < -0.39 is 0 Å². The Balaban J connectivity index is 1.69. The fourth-order valence-electron chi connectivity index (χ4n) is 5.16. The lowest BCUT2D eigenvalue weighted by molar-refractivity contribution is -0.104. The first-order chi connectivity index (χ1) is 17.4. The fourth-order valence-corrected chi connectivity index (χ4v) is 5.16. The average molecular weight is 482 g/mol. The summed E-state index contributed by atoms with van der Waals surface area (Å²) < 4.78 is 1.88. The molecule has 0 aliphatic heterocycles. The number of nitrogens with zero attached hydrogens (tertiary/aromatic N) is 4. The minimum Gasteiger partial charge on any atom is -0.378 e. The lowest BCUT2D eigenvalue weighted by atomic mass is 9.68. The summed E-state index contributed by atoms with van der Waals surface area (Å²) in [6.07, 6.45) is 13.0. The van der Waals surface area contributed by atoms with Crippen LogP contribution in [0.15, 0.2) is 60.7 Å². The Bertz CT molecular complexity index is 1260. The van der Waals surface area contributed by atoms with Crippen LogP contribution >= 0.6 is 0 Å². The molecule has 0 spiro atoms. The van der Waals surface area contributed by atoms with E-state index in [4.69, 9.17) is 5.10 Å². The highest BCUT2D eigenvalue weighted by molar-refractivity contribution is 5.75. The molecule has 0 bridgehead atoms. The van der Waals surface area contributed by atoms with Crippen molar-refractivity contribution in [3.63, 3.8) is 0 Å². The van der Waals surface area contributed by atoms with Crippen LogP contribution in [0.1, 0.15) is 41.6 Å². The van der Waals surface area contributed by atoms with E-state index in [-0.39, 0.29) is 5.41 Å². The highest BCUT2D eigenvalue weighted by Crippen LogP contribution is 2.45. The number of hydrogen-bond acceptors (Lipinski definition) is 5. The number of fused-ring (bicyclic) bond motifs is 1. The molecule has 2 aromatic carbocycles. The van der Waals surface area contributed by atoms with Crippen LogP contribution in [0.4, 0.5) is 17.2 Å². The van der Waals surface area contributed by atoms with Gasteiger partial charge < -0.3 is 15.1 Å². The Morgan fingerprint density at radius 1 is 1.00 bits per heavy atom. The van der Waals surface area contributed by atoms with Gasteiger partial charge in [-0.3, -0.25) is 4.79 Å². The Hall–Kier alpha value is -3.80. The Morgan fingerprint density at radius 3 is 2.17 bits per heavy atom. The molecular weight excluding hydrogens is 446 g/mol. The molecule has 36 heavy (non-hydrogen) atoms. The van der Waals surface area contributed by atoms with Gasteiger partial charge in [0.1, 0.15) is 6.29 Å². The van der Waals surface area contributed by atoms with Gasteiger partial charge in [0.05, 0.1) is 5.69 Å². The third-order valence-corrected chi connectivity index (χ3v) is 7.54. The SMILES string of the molecule is CN(C)c1cccc(C2(c3cccc(N(C)C)c3)C=Cc3c(NC4CCC4)nn(C=CC=O)c3C2)c1. The summed E-state index contributed by atoms with van der Waals surface area (Å²) in [7, 11) is 8.30. The van der Waals surface area contributed by atoms with Gasteiger partial charge in [0.2, 0.25) is 0 Å². The highest BCUT2D eigenvalue weighted by atomic mass is 16.1. The van der Waals surface area contributed by atoms with Gasteiger partial charge in [0.25, 0.3) is 0 Å². The minimum absolute atomic E-state index is 0.383. The van der Waals surface area contributed by atoms with Crippen molar-refractivity contribution in [2.75, 3.05) is 43.3 Å². The van der Waals surface area contributed by atoms with Crippen molar-refractivity contribution in [2.45, 2.75) is 37.1 Å². The largest absolute Gasteiger partial charge is 0.378 e. The first-order valence-corrected chi connectivity index (χ1v) is 12.7. The first kappa shape index (κ1) is 23.9. The predicted molar refractivity (Wildman–Crippen MR) is 150 cm³/mol. The van der Waals surface area contributed by atoms with Crippen molar-refractivity contribution in [3.05, 3.63) is 83.1 Å². The maximum Gasteiger partial charge on any atom is 0.156 e. The van der Waals surface area contributed by atoms with E-state index >= 15 is 0 Å². The molecule has 2 aliphatic rings. The molecule has 6 nitrogen and oxygen atoms in total. The number of aromatic nitrogens is 2. The topological polar surface area (TPSA) is 53.4 Å². The number of aldehydes is 1. The maximum absolute atomic E-state index is 11.2. The predicted octanol–water partition coefficient (Wildman–Crippen LogP) is 5.20. The zero-order valence-electron chi connectivity index (χ0n) is 21.6. The molecule has 2 aliphatic carbocycles. The molecule has 1 aromatic heterocycles. The van der Waals surface area contributed by atoms with E-state index in [2.05, 4.69) is 104 Å². The van der Waals surface area contributed by atoms with Crippen LogP contribution in [0.2, 0.25) is 0 Å². The molecule has 1 heterocycles. The van der Waals surface area contributed by atoms with Crippen molar-refractivity contribution in [2.24, 2.45) is 0 Å². The van der Waals surface area contributed by atoms with Crippen molar-refractivity contribution in [1.29, 1.82) is 0 Å². The van der Waals surface area contributed by atoms with E-state index in [0.29, 0.717) is 6.04 Å². The van der Waals surface area contributed by atoms with Gasteiger partial charge >= 0.3 is 0 Å². The Kier molecular flexibility index (Phi) is 6.44. The van der Waals surface area contributed by atoms with Crippen LogP contribution in [0.3, 0.4) is 0 Å². The van der Waals surface area contributed by atoms with Gasteiger partial charge in [-0.25, -0.2) is 4.68 Å². The molecule has 1 saturated carbocycles. The number of benzene rings is 2. The molecule has 5 rings (SSSR count). The number of anilines is 3. The molecule has 1 N–H and O–H groups in total. The molecule has 0 amide bonds. The van der Waals surface area contributed by atoms with Gasteiger partial charge in [-0.15, -0.1) is 0 Å². The quantitative estimate of drug-likeness (QED) is 0.354. The number of nitrogens with one attached hydrogen (secondary N) is 1. The number of allylic oxidation sites excluding steroid dienone is 2. The zero-order chi connectivity index (χ0) is 25.3. The standard InChI is InChI=1S/C30H35N5O/c1-33(2)25-13-5-9-22(19-25)30(23-10-6-14-26(20-23)34(3)4)16-15-27-28(21-30)35(17-8-18-36)32-29(27)31-24-11-7-12-24/h5-6,8-10,13-20,24H,7,11-12,21H2,1-4H3,(H,31,32). The maximum atomic E-state index is 11.2. The normalized spacial score (nSPS) is 16.4. The van der Waals surface area contributed by atoms with Crippen LogP contribution in [-0.4, -0.2) is 50.3 Å². The molecule has 0 unspecified atom stereocenters. The third kappa shape index (κ3) is 4.32. The molecule has 186 valence electrons. The van der Waals surface area contributed by atoms with E-state index in [0.717, 1.165) is 41.2 Å². The van der Waals surface area contributed by atoms with Crippen LogP contribution in [0, 0.1) is 0 Å². The summed E-state index contributed by atoms with van der Waals surface area (Å²) in [5.74, 6) is 0.902. The lowest BCUT2D eigenvalue weighted by Crippen LogP contribution is -2.32. The number of carbonyl (C=O) groups is 1. The summed E-state index contributed by atoms with van der Waals surface area (Å²) in [5.41, 5.74) is 6.61. The van der Waals surface area contributed by atoms with Gasteiger partial charge in [-0.2, -0.15) is 5.10 Å². The first-order valence-electron chi connectivity index (χ1n) is 12.7. The van der Waals surface area contributed by atoms with Gasteiger partial charge in [-0.05, 0) is 60.7 Å². The van der Waals surface area contributed by atoms with Gasteiger partial charge in [0, 0.05) is 69.2 Å². The number of carbonyl (C=O) groups excluding carboxylic acids is 1. The second kappa shape index (κ2) is 9.69. The summed E-state index contributed by atoms with van der Waals surface area (Å²) in [5, 5.41) is 8.53. The van der Waals surface area contributed by atoms with Crippen molar-refractivity contribution < 1.29 is 4.79 Å². The van der Waals surface area contributed by atoms with E-state index in [1.165, 1.54) is 36.5 Å². The third-order valence-electron chi connectivity index (χ3n) is 7.54. The fraction of sp³-hybridized carbons (Fsp3) is 0.333. The van der Waals surface area contributed by atoms with E-state index in [1.54, 1.807) is 6.20 Å². The van der Waals surface area contributed by atoms with Crippen LogP contribution in [0.5, 0.6) is 0 Å². The Morgan fingerprint density at radius 2 is 1.64 bits per heavy atom. The summed E-state index contributed by atoms with van der Waals surface area (Å²) in [6.45, 7) is 0. The number of hydrogen-bond donors (Lipinski definition) is 1. The monoisotopic (exact) mass is 481 g/mol. The minimum atomic E-state index is -0.383. The molecule has 1 fully saturated rings. The number of rotatable bonds is 8. The van der Waals surface area contributed by atoms with Gasteiger partial charge in [-0.1, -0.05) is 36.4 Å². The van der Waals surface area contributed by atoms with Crippen LogP contribution in [0.25, 0.3) is 12.3 Å². The van der Waals surface area contributed by atoms with E-state index in [9.17, 15) is 4.79 Å². The second-order valence-corrected chi connectivity index (χ2v) is 10.3. The smallest absolute Gasteiger partial charge is 0.156 e. The van der Waals surface area contributed by atoms with Gasteiger partial charge in [0.15, 0.2) is 5.82 Å². The summed E-state index contributed by atoms with van der Waals surface area (Å²) in [6, 6.07) is 18.0. The lowest BCUT2D eigenvalue weighted by Gasteiger charge is -2.36. The summed E-state index contributed by atoms with van der Waals surface area (Å²) >= 11 is 0. The molecular formula is C30H35N5O. The Labute approximate surface area is 213 Å². The van der Waals surface area contributed by atoms with Crippen molar-refractivity contribution in [1.82, 2.24) is 9.78 Å². The molecule has 0 atom stereocenters. The van der Waals surface area contributed by atoms with Crippen LogP contribution in [-0.2, 0) is 16.6 Å².